The third-order valence-electron chi connectivity index (χ3n) is 3.22. The van der Waals surface area contributed by atoms with Crippen LogP contribution in [0, 0.1) is 6.92 Å². The maximum Gasteiger partial charge on any atom is 0.188 e. The topological polar surface area (TPSA) is 57.4 Å². The molecule has 0 radical (unpaired) electrons. The summed E-state index contributed by atoms with van der Waals surface area (Å²) in [4.78, 5) is 6.64. The van der Waals surface area contributed by atoms with Crippen LogP contribution in [0.15, 0.2) is 36.4 Å². The average Bonchev–Trinajstić information content (AvgIpc) is 3.00. The molecule has 0 fully saturated rings. The van der Waals surface area contributed by atoms with Gasteiger partial charge in [-0.1, -0.05) is 22.6 Å². The molecule has 6 heteroatoms. The number of hydrogen-bond donors (Lipinski definition) is 1. The number of hydrogen-bond acceptors (Lipinski definition) is 5. The first-order chi connectivity index (χ1) is 11.2. The van der Waals surface area contributed by atoms with Crippen molar-refractivity contribution < 1.29 is 9.47 Å². The highest BCUT2D eigenvalue weighted by molar-refractivity contribution is 14.1. The highest BCUT2D eigenvalue weighted by Gasteiger charge is 2.08. The van der Waals surface area contributed by atoms with Crippen molar-refractivity contribution in [3.05, 3.63) is 42.0 Å². The summed E-state index contributed by atoms with van der Waals surface area (Å²) in [5.74, 6) is 0.785. The van der Waals surface area contributed by atoms with Gasteiger partial charge in [-0.15, -0.1) is 11.3 Å². The fourth-order valence-corrected chi connectivity index (χ4v) is 3.04. The Balaban J connectivity index is 0.000000924. The van der Waals surface area contributed by atoms with Crippen LogP contribution in [0.4, 0.5) is 5.69 Å². The summed E-state index contributed by atoms with van der Waals surface area (Å²) in [5.41, 5.74) is 9.78. The SMILES string of the molecule is CI.COCOc1ccc2nc(-c3ccc(N)c(C)c3)sc2c1. The summed E-state index contributed by atoms with van der Waals surface area (Å²) in [6.45, 7) is 2.25. The number of nitrogen functional groups attached to an aromatic ring is 1. The van der Waals surface area contributed by atoms with Gasteiger partial charge in [0.1, 0.15) is 10.8 Å². The van der Waals surface area contributed by atoms with Crippen LogP contribution in [0.1, 0.15) is 5.56 Å². The van der Waals surface area contributed by atoms with Crippen LogP contribution in [0.3, 0.4) is 0 Å². The third kappa shape index (κ3) is 4.33. The molecule has 1 aromatic heterocycles. The quantitative estimate of drug-likeness (QED) is 0.271. The molecule has 0 bridgehead atoms. The van der Waals surface area contributed by atoms with E-state index >= 15 is 0 Å². The molecule has 4 nitrogen and oxygen atoms in total. The van der Waals surface area contributed by atoms with Crippen LogP contribution in [0.25, 0.3) is 20.8 Å². The van der Waals surface area contributed by atoms with Crippen LogP contribution >= 0.6 is 33.9 Å². The van der Waals surface area contributed by atoms with Gasteiger partial charge in [0.2, 0.25) is 0 Å². The van der Waals surface area contributed by atoms with E-state index in [0.717, 1.165) is 37.8 Å². The Hall–Kier alpha value is -1.38. The van der Waals surface area contributed by atoms with Gasteiger partial charge in [-0.25, -0.2) is 4.98 Å². The Morgan fingerprint density at radius 3 is 2.65 bits per heavy atom. The second-order valence-corrected chi connectivity index (χ2v) is 5.80. The van der Waals surface area contributed by atoms with Crippen LogP contribution in [-0.4, -0.2) is 23.8 Å². The normalized spacial score (nSPS) is 10.3. The van der Waals surface area contributed by atoms with Crippen molar-refractivity contribution in [2.45, 2.75) is 6.92 Å². The van der Waals surface area contributed by atoms with Gasteiger partial charge in [0.05, 0.1) is 10.2 Å². The molecule has 0 aliphatic rings. The number of fused-ring (bicyclic) bond motifs is 1. The summed E-state index contributed by atoms with van der Waals surface area (Å²) in [6, 6.07) is 11.8. The van der Waals surface area contributed by atoms with Crippen molar-refractivity contribution in [3.8, 4) is 16.3 Å². The zero-order chi connectivity index (χ0) is 16.8. The first-order valence-electron chi connectivity index (χ1n) is 6.94. The molecule has 1 heterocycles. The number of methoxy groups -OCH3 is 1. The minimum absolute atomic E-state index is 0.244. The molecule has 0 unspecified atom stereocenters. The first kappa shape index (κ1) is 18.0. The van der Waals surface area contributed by atoms with Gasteiger partial charge in [-0.3, -0.25) is 0 Å². The van der Waals surface area contributed by atoms with Gasteiger partial charge in [0.15, 0.2) is 6.79 Å². The van der Waals surface area contributed by atoms with E-state index in [-0.39, 0.29) is 6.79 Å². The minimum Gasteiger partial charge on any atom is -0.468 e. The number of aromatic nitrogens is 1. The molecular weight excluding hydrogens is 423 g/mol. The summed E-state index contributed by atoms with van der Waals surface area (Å²) >= 11 is 3.79. The van der Waals surface area contributed by atoms with Crippen molar-refractivity contribution in [2.24, 2.45) is 0 Å². The lowest BCUT2D eigenvalue weighted by Gasteiger charge is -2.03. The number of ether oxygens (including phenoxy) is 2. The molecule has 2 N–H and O–H groups in total. The first-order valence-corrected chi connectivity index (χ1v) is 9.91. The van der Waals surface area contributed by atoms with E-state index in [4.69, 9.17) is 15.2 Å². The Labute approximate surface area is 153 Å². The van der Waals surface area contributed by atoms with E-state index in [1.807, 2.05) is 42.2 Å². The smallest absolute Gasteiger partial charge is 0.188 e. The van der Waals surface area contributed by atoms with Gasteiger partial charge in [-0.05, 0) is 53.8 Å². The van der Waals surface area contributed by atoms with Gasteiger partial charge < -0.3 is 15.2 Å². The molecule has 122 valence electrons. The van der Waals surface area contributed by atoms with Gasteiger partial charge >= 0.3 is 0 Å². The van der Waals surface area contributed by atoms with Gasteiger partial charge in [-0.2, -0.15) is 0 Å². The Kier molecular flexibility index (Phi) is 6.61. The van der Waals surface area contributed by atoms with Crippen molar-refractivity contribution in [3.63, 3.8) is 0 Å². The minimum atomic E-state index is 0.244. The lowest BCUT2D eigenvalue weighted by molar-refractivity contribution is 0.0512. The van der Waals surface area contributed by atoms with Crippen LogP contribution in [0.5, 0.6) is 5.75 Å². The number of anilines is 1. The molecule has 0 atom stereocenters. The largest absolute Gasteiger partial charge is 0.468 e. The van der Waals surface area contributed by atoms with Gasteiger partial charge in [0.25, 0.3) is 0 Å². The molecule has 0 spiro atoms. The van der Waals surface area contributed by atoms with Crippen molar-refractivity contribution in [1.82, 2.24) is 4.98 Å². The summed E-state index contributed by atoms with van der Waals surface area (Å²) in [7, 11) is 1.60. The number of rotatable bonds is 4. The van der Waals surface area contributed by atoms with Crippen LogP contribution < -0.4 is 10.5 Å². The van der Waals surface area contributed by atoms with E-state index in [2.05, 4.69) is 33.6 Å². The summed E-state index contributed by atoms with van der Waals surface area (Å²) in [5, 5.41) is 0.983. The maximum absolute atomic E-state index is 5.86. The Morgan fingerprint density at radius 1 is 1.17 bits per heavy atom. The summed E-state index contributed by atoms with van der Waals surface area (Å²) in [6.07, 6.45) is 0. The molecule has 0 aliphatic carbocycles. The number of nitrogens with zero attached hydrogens (tertiary/aromatic N) is 1. The van der Waals surface area contributed by atoms with E-state index in [0.29, 0.717) is 0 Å². The number of aryl methyl sites for hydroxylation is 1. The fourth-order valence-electron chi connectivity index (χ4n) is 2.05. The van der Waals surface area contributed by atoms with Crippen LogP contribution in [-0.2, 0) is 4.74 Å². The molecule has 0 amide bonds. The van der Waals surface area contributed by atoms with E-state index in [9.17, 15) is 0 Å². The third-order valence-corrected chi connectivity index (χ3v) is 4.29. The average molecular weight is 442 g/mol. The van der Waals surface area contributed by atoms with E-state index in [1.54, 1.807) is 18.4 Å². The Bertz CT molecular complexity index is 789. The maximum atomic E-state index is 5.86. The second-order valence-electron chi connectivity index (χ2n) is 4.77. The molecule has 0 saturated carbocycles. The molecule has 3 aromatic rings. The fraction of sp³-hybridized carbons (Fsp3) is 0.235. The molecular formula is C17H19IN2O2S. The molecule has 0 aliphatic heterocycles. The van der Waals surface area contributed by atoms with Crippen molar-refractivity contribution >= 4 is 49.8 Å². The molecule has 2 aromatic carbocycles. The molecule has 3 rings (SSSR count). The number of halogens is 1. The second kappa shape index (κ2) is 8.47. The highest BCUT2D eigenvalue weighted by atomic mass is 127. The standard InChI is InChI=1S/C16H16N2O2S.CH3I/c1-10-7-11(3-5-13(10)17)16-18-14-6-4-12(20-9-19-2)8-15(14)21-16;1-2/h3-8H,9,17H2,1-2H3;1H3. The zero-order valence-corrected chi connectivity index (χ0v) is 16.3. The molecule has 23 heavy (non-hydrogen) atoms. The van der Waals surface area contributed by atoms with Crippen molar-refractivity contribution in [2.75, 3.05) is 24.6 Å². The summed E-state index contributed by atoms with van der Waals surface area (Å²) < 4.78 is 11.5. The predicted octanol–water partition coefficient (Wildman–Crippen LogP) is 4.89. The number of alkyl halides is 1. The van der Waals surface area contributed by atoms with Crippen LogP contribution in [0.2, 0.25) is 0 Å². The monoisotopic (exact) mass is 442 g/mol. The highest BCUT2D eigenvalue weighted by Crippen LogP contribution is 2.33. The zero-order valence-electron chi connectivity index (χ0n) is 13.3. The lowest BCUT2D eigenvalue weighted by atomic mass is 10.1. The van der Waals surface area contributed by atoms with E-state index < -0.39 is 0 Å². The lowest BCUT2D eigenvalue weighted by Crippen LogP contribution is -1.98. The van der Waals surface area contributed by atoms with Gasteiger partial charge in [0, 0.05) is 18.4 Å². The predicted molar refractivity (Wildman–Crippen MR) is 107 cm³/mol. The number of benzene rings is 2. The van der Waals surface area contributed by atoms with Crippen molar-refractivity contribution in [1.29, 1.82) is 0 Å². The molecule has 0 saturated heterocycles. The van der Waals surface area contributed by atoms with E-state index in [1.165, 1.54) is 0 Å². The number of nitrogens with two attached hydrogens (primary N) is 1. The number of thiazole rings is 1. The Morgan fingerprint density at radius 2 is 1.96 bits per heavy atom.